The molecule has 0 aromatic heterocycles. The van der Waals surface area contributed by atoms with Crippen LogP contribution in [-0.4, -0.2) is 22.2 Å². The fourth-order valence-electron chi connectivity index (χ4n) is 0. The number of aliphatic carboxylic acids is 2. The number of carboxylic acid groups (broad SMARTS) is 2. The van der Waals surface area contributed by atoms with E-state index in [1.165, 1.54) is 0 Å². The predicted molar refractivity (Wildman–Crippen MR) is 54.2 cm³/mol. The Morgan fingerprint density at radius 1 is 0.733 bits per heavy atom. The molecule has 0 heterocycles. The van der Waals surface area contributed by atoms with Crippen LogP contribution in [0.15, 0.2) is 0 Å². The Balaban J connectivity index is -0.000000180. The summed E-state index contributed by atoms with van der Waals surface area (Å²) in [4.78, 5) is 20.0. The van der Waals surface area contributed by atoms with Gasteiger partial charge in [0.25, 0.3) is 0 Å². The Kier molecular flexibility index (Phi) is 9.27. The van der Waals surface area contributed by atoms with E-state index in [0.29, 0.717) is 0 Å². The largest absolute Gasteiger partial charge is 0.481 e. The van der Waals surface area contributed by atoms with Crippen LogP contribution in [0.2, 0.25) is 0 Å². The Hall–Kier alpha value is -0.437. The van der Waals surface area contributed by atoms with Crippen molar-refractivity contribution >= 4 is 11.9 Å². The second-order valence-corrected chi connectivity index (χ2v) is 5.11. The summed E-state index contributed by atoms with van der Waals surface area (Å²) in [6.45, 7) is 9.97. The molecule has 0 aromatic rings. The summed E-state index contributed by atoms with van der Waals surface area (Å²) in [5.41, 5.74) is -1.17. The molecule has 0 atom stereocenters. The van der Waals surface area contributed by atoms with E-state index in [2.05, 4.69) is 0 Å². The third-order valence-corrected chi connectivity index (χ3v) is 1.28. The van der Waals surface area contributed by atoms with Crippen LogP contribution in [0.4, 0.5) is 0 Å². The summed E-state index contributed by atoms with van der Waals surface area (Å²) in [6, 6.07) is 0. The molecule has 92 valence electrons. The molecule has 0 aliphatic carbocycles. The first-order valence-electron chi connectivity index (χ1n) is 4.36. The number of carboxylic acids is 2. The molecule has 0 spiro atoms. The van der Waals surface area contributed by atoms with Gasteiger partial charge in [0.2, 0.25) is 0 Å². The molecule has 5 heteroatoms. The Bertz CT molecular complexity index is 186. The van der Waals surface area contributed by atoms with Gasteiger partial charge in [0.1, 0.15) is 0 Å². The summed E-state index contributed by atoms with van der Waals surface area (Å²) in [5, 5.41) is 16.5. The van der Waals surface area contributed by atoms with Gasteiger partial charge < -0.3 is 10.2 Å². The van der Waals surface area contributed by atoms with Gasteiger partial charge in [0, 0.05) is 19.5 Å². The van der Waals surface area contributed by atoms with E-state index in [4.69, 9.17) is 10.2 Å². The quantitative estimate of drug-likeness (QED) is 0.673. The van der Waals surface area contributed by atoms with Gasteiger partial charge in [0.15, 0.2) is 0 Å². The van der Waals surface area contributed by atoms with E-state index in [1.54, 1.807) is 41.5 Å². The predicted octanol–water partition coefficient (Wildman–Crippen LogP) is 2.23. The number of hydrogen-bond acceptors (Lipinski definition) is 2. The number of carbonyl (C=O) groups is 2. The first-order chi connectivity index (χ1) is 5.89. The maximum Gasteiger partial charge on any atom is 0.308 e. The average Bonchev–Trinajstić information content (AvgIpc) is 1.83. The van der Waals surface area contributed by atoms with Crippen molar-refractivity contribution < 1.29 is 39.3 Å². The van der Waals surface area contributed by atoms with Gasteiger partial charge >= 0.3 is 11.9 Å². The summed E-state index contributed by atoms with van der Waals surface area (Å²) >= 11 is 0. The smallest absolute Gasteiger partial charge is 0.308 e. The monoisotopic (exact) mass is 306 g/mol. The fraction of sp³-hybridized carbons (Fsp3) is 0.800. The topological polar surface area (TPSA) is 74.6 Å². The van der Waals surface area contributed by atoms with Crippen molar-refractivity contribution in [1.29, 1.82) is 0 Å². The van der Waals surface area contributed by atoms with E-state index >= 15 is 0 Å². The van der Waals surface area contributed by atoms with Crippen LogP contribution in [-0.2, 0) is 29.1 Å². The molecule has 0 aliphatic rings. The van der Waals surface area contributed by atoms with Crippen molar-refractivity contribution in [2.75, 3.05) is 0 Å². The van der Waals surface area contributed by atoms with Gasteiger partial charge in [-0.1, -0.05) is 0 Å². The molecule has 15 heavy (non-hydrogen) atoms. The third kappa shape index (κ3) is 13.6. The molecule has 0 rings (SSSR count). The van der Waals surface area contributed by atoms with Crippen LogP contribution in [0.5, 0.6) is 0 Å². The van der Waals surface area contributed by atoms with Crippen molar-refractivity contribution in [2.24, 2.45) is 10.8 Å². The van der Waals surface area contributed by atoms with Crippen LogP contribution in [0.3, 0.4) is 0 Å². The second-order valence-electron chi connectivity index (χ2n) is 5.11. The fourth-order valence-corrected chi connectivity index (χ4v) is 0. The normalized spacial score (nSPS) is 10.5. The molecule has 0 saturated carbocycles. The molecular weight excluding hydrogens is 285 g/mol. The first kappa shape index (κ1) is 20.0. The zero-order valence-corrected chi connectivity index (χ0v) is 11.8. The zero-order valence-electron chi connectivity index (χ0n) is 10.1. The summed E-state index contributed by atoms with van der Waals surface area (Å²) < 4.78 is 0. The van der Waals surface area contributed by atoms with Gasteiger partial charge in [0.05, 0.1) is 10.8 Å². The molecule has 0 saturated heterocycles. The van der Waals surface area contributed by atoms with Crippen LogP contribution in [0.25, 0.3) is 0 Å². The molecule has 2 N–H and O–H groups in total. The van der Waals surface area contributed by atoms with Crippen molar-refractivity contribution in [3.63, 3.8) is 0 Å². The van der Waals surface area contributed by atoms with E-state index < -0.39 is 22.8 Å². The van der Waals surface area contributed by atoms with Crippen molar-refractivity contribution in [3.8, 4) is 0 Å². The molecule has 0 fully saturated rings. The van der Waals surface area contributed by atoms with Crippen LogP contribution in [0.1, 0.15) is 41.5 Å². The van der Waals surface area contributed by atoms with Crippen LogP contribution < -0.4 is 0 Å². The summed E-state index contributed by atoms with van der Waals surface area (Å²) in [5.74, 6) is -1.51. The minimum atomic E-state index is -0.757. The van der Waals surface area contributed by atoms with Crippen molar-refractivity contribution in [3.05, 3.63) is 0 Å². The maximum atomic E-state index is 10.0. The minimum absolute atomic E-state index is 0. The van der Waals surface area contributed by atoms with Gasteiger partial charge in [-0.15, -0.1) is 0 Å². The SMILES string of the molecule is CC(C)(C)C(=O)O.CC(C)(C)C(=O)O.[Ru]. The van der Waals surface area contributed by atoms with E-state index in [9.17, 15) is 9.59 Å². The summed E-state index contributed by atoms with van der Waals surface area (Å²) in [6.07, 6.45) is 0. The Morgan fingerprint density at radius 3 is 0.800 bits per heavy atom. The van der Waals surface area contributed by atoms with E-state index in [1.807, 2.05) is 0 Å². The van der Waals surface area contributed by atoms with E-state index in [-0.39, 0.29) is 19.5 Å². The van der Waals surface area contributed by atoms with Gasteiger partial charge in [-0.3, -0.25) is 9.59 Å². The molecule has 0 aliphatic heterocycles. The number of hydrogen-bond donors (Lipinski definition) is 2. The molecular formula is C10H20O4Ru. The molecule has 0 unspecified atom stereocenters. The summed E-state index contributed by atoms with van der Waals surface area (Å²) in [7, 11) is 0. The third-order valence-electron chi connectivity index (χ3n) is 1.28. The van der Waals surface area contributed by atoms with Gasteiger partial charge in [-0.05, 0) is 41.5 Å². The van der Waals surface area contributed by atoms with Crippen LogP contribution >= 0.6 is 0 Å². The van der Waals surface area contributed by atoms with Crippen molar-refractivity contribution in [1.82, 2.24) is 0 Å². The first-order valence-corrected chi connectivity index (χ1v) is 4.36. The second kappa shape index (κ2) is 6.94. The van der Waals surface area contributed by atoms with Gasteiger partial charge in [-0.25, -0.2) is 0 Å². The molecule has 0 aromatic carbocycles. The average molecular weight is 305 g/mol. The molecule has 0 amide bonds. The minimum Gasteiger partial charge on any atom is -0.481 e. The molecule has 0 bridgehead atoms. The standard InChI is InChI=1S/2C5H10O2.Ru/c2*1-5(2,3)4(6)7;/h2*1-3H3,(H,6,7);. The molecule has 4 nitrogen and oxygen atoms in total. The van der Waals surface area contributed by atoms with Gasteiger partial charge in [-0.2, -0.15) is 0 Å². The number of rotatable bonds is 0. The molecule has 0 radical (unpaired) electrons. The van der Waals surface area contributed by atoms with E-state index in [0.717, 1.165) is 0 Å². The van der Waals surface area contributed by atoms with Crippen molar-refractivity contribution in [2.45, 2.75) is 41.5 Å². The Labute approximate surface area is 104 Å². The van der Waals surface area contributed by atoms with Crippen LogP contribution in [0, 0.1) is 10.8 Å². The Morgan fingerprint density at radius 2 is 0.800 bits per heavy atom. The zero-order chi connectivity index (χ0) is 12.2. The maximum absolute atomic E-state index is 10.0.